The van der Waals surface area contributed by atoms with Crippen LogP contribution in [0.25, 0.3) is 11.3 Å². The van der Waals surface area contributed by atoms with Crippen LogP contribution in [0.2, 0.25) is 0 Å². The van der Waals surface area contributed by atoms with Gasteiger partial charge in [-0.05, 0) is 36.4 Å². The van der Waals surface area contributed by atoms with Crippen LogP contribution in [0.5, 0.6) is 0 Å². The van der Waals surface area contributed by atoms with E-state index in [9.17, 15) is 4.79 Å². The van der Waals surface area contributed by atoms with Gasteiger partial charge in [0.2, 0.25) is 0 Å². The summed E-state index contributed by atoms with van der Waals surface area (Å²) < 4.78 is 3.46. The summed E-state index contributed by atoms with van der Waals surface area (Å²) >= 11 is 0. The Bertz CT molecular complexity index is 956. The molecular formula is C16H12N6O. The van der Waals surface area contributed by atoms with Gasteiger partial charge in [-0.1, -0.05) is 5.21 Å². The third-order valence-corrected chi connectivity index (χ3v) is 3.46. The number of benzene rings is 1. The Labute approximate surface area is 131 Å². The Kier molecular flexibility index (Phi) is 3.09. The zero-order chi connectivity index (χ0) is 15.6. The van der Waals surface area contributed by atoms with Crippen molar-refractivity contribution in [2.75, 3.05) is 5.32 Å². The molecule has 1 N–H and O–H groups in total. The molecule has 1 aromatic carbocycles. The van der Waals surface area contributed by atoms with Gasteiger partial charge >= 0.3 is 0 Å². The molecule has 7 nitrogen and oxygen atoms in total. The molecule has 0 aliphatic rings. The molecule has 0 spiro atoms. The van der Waals surface area contributed by atoms with E-state index in [0.29, 0.717) is 11.3 Å². The lowest BCUT2D eigenvalue weighted by molar-refractivity contribution is 0.102. The number of aromatic nitrogens is 5. The number of nitrogens with one attached hydrogen (secondary N) is 1. The number of amides is 1. The Morgan fingerprint density at radius 3 is 2.65 bits per heavy atom. The van der Waals surface area contributed by atoms with Crippen molar-refractivity contribution in [1.29, 1.82) is 0 Å². The molecular weight excluding hydrogens is 292 g/mol. The number of carbonyl (C=O) groups excluding carboxylic acids is 1. The Morgan fingerprint density at radius 2 is 1.87 bits per heavy atom. The molecule has 0 saturated carbocycles. The highest BCUT2D eigenvalue weighted by Gasteiger charge is 2.07. The number of pyridine rings is 1. The Morgan fingerprint density at radius 1 is 1.00 bits per heavy atom. The fourth-order valence-corrected chi connectivity index (χ4v) is 2.30. The predicted octanol–water partition coefficient (Wildman–Crippen LogP) is 2.17. The van der Waals surface area contributed by atoms with Gasteiger partial charge < -0.3 is 9.72 Å². The quantitative estimate of drug-likeness (QED) is 0.629. The summed E-state index contributed by atoms with van der Waals surface area (Å²) in [5.41, 5.74) is 2.96. The number of imidazole rings is 1. The fourth-order valence-electron chi connectivity index (χ4n) is 2.30. The molecule has 0 fully saturated rings. The van der Waals surface area contributed by atoms with Gasteiger partial charge in [0.05, 0.1) is 23.6 Å². The highest BCUT2D eigenvalue weighted by atomic mass is 16.1. The number of anilines is 1. The van der Waals surface area contributed by atoms with Crippen LogP contribution in [0.3, 0.4) is 0 Å². The molecule has 0 unspecified atom stereocenters. The van der Waals surface area contributed by atoms with E-state index in [1.807, 2.05) is 34.7 Å². The van der Waals surface area contributed by atoms with Crippen LogP contribution in [0.4, 0.5) is 5.69 Å². The van der Waals surface area contributed by atoms with Crippen LogP contribution >= 0.6 is 0 Å². The average molecular weight is 304 g/mol. The number of fused-ring (bicyclic) bond motifs is 1. The third kappa shape index (κ3) is 2.55. The maximum absolute atomic E-state index is 12.3. The molecule has 4 aromatic rings. The molecule has 23 heavy (non-hydrogen) atoms. The van der Waals surface area contributed by atoms with Crippen LogP contribution in [-0.4, -0.2) is 30.3 Å². The minimum absolute atomic E-state index is 0.172. The lowest BCUT2D eigenvalue weighted by Gasteiger charge is -2.07. The second kappa shape index (κ2) is 5.38. The van der Waals surface area contributed by atoms with E-state index in [1.54, 1.807) is 41.7 Å². The number of hydrogen-bond donors (Lipinski definition) is 1. The van der Waals surface area contributed by atoms with Crippen LogP contribution in [0, 0.1) is 0 Å². The molecule has 112 valence electrons. The van der Waals surface area contributed by atoms with Crippen molar-refractivity contribution in [3.8, 4) is 5.69 Å². The van der Waals surface area contributed by atoms with E-state index in [0.717, 1.165) is 11.3 Å². The van der Waals surface area contributed by atoms with Gasteiger partial charge in [0, 0.05) is 24.3 Å². The third-order valence-electron chi connectivity index (χ3n) is 3.46. The van der Waals surface area contributed by atoms with Gasteiger partial charge in [-0.3, -0.25) is 4.79 Å². The van der Waals surface area contributed by atoms with Crippen molar-refractivity contribution in [3.63, 3.8) is 0 Å². The first-order chi connectivity index (χ1) is 11.3. The van der Waals surface area contributed by atoms with E-state index >= 15 is 0 Å². The van der Waals surface area contributed by atoms with Crippen LogP contribution in [0.1, 0.15) is 10.4 Å². The number of carbonyl (C=O) groups is 1. The minimum atomic E-state index is -0.172. The first kappa shape index (κ1) is 13.2. The van der Waals surface area contributed by atoms with Crippen molar-refractivity contribution >= 4 is 17.2 Å². The molecule has 0 radical (unpaired) electrons. The molecule has 3 heterocycles. The first-order valence-electron chi connectivity index (χ1n) is 7.00. The monoisotopic (exact) mass is 304 g/mol. The molecule has 4 rings (SSSR count). The minimum Gasteiger partial charge on any atom is -0.322 e. The van der Waals surface area contributed by atoms with Crippen LogP contribution in [-0.2, 0) is 0 Å². The highest BCUT2D eigenvalue weighted by molar-refractivity contribution is 6.04. The number of rotatable bonds is 3. The SMILES string of the molecule is O=C(Nc1ccc(-n2ccnn2)cc1)c1ccc2nccn2c1. The standard InChI is InChI=1S/C16H12N6O/c23-16(12-1-6-15-17-7-9-21(15)11-12)19-13-2-4-14(5-3-13)22-10-8-18-20-22/h1-11H,(H,19,23). The van der Waals surface area contributed by atoms with Crippen LogP contribution in [0.15, 0.2) is 67.4 Å². The molecule has 1 amide bonds. The van der Waals surface area contributed by atoms with Crippen molar-refractivity contribution < 1.29 is 4.79 Å². The second-order valence-electron chi connectivity index (χ2n) is 4.96. The number of hydrogen-bond acceptors (Lipinski definition) is 4. The second-order valence-corrected chi connectivity index (χ2v) is 4.96. The summed E-state index contributed by atoms with van der Waals surface area (Å²) in [5.74, 6) is -0.172. The maximum Gasteiger partial charge on any atom is 0.257 e. The molecule has 0 aliphatic heterocycles. The highest BCUT2D eigenvalue weighted by Crippen LogP contribution is 2.14. The summed E-state index contributed by atoms with van der Waals surface area (Å²) in [7, 11) is 0. The van der Waals surface area contributed by atoms with Crippen molar-refractivity contribution in [3.05, 3.63) is 72.9 Å². The molecule has 7 heteroatoms. The van der Waals surface area contributed by atoms with E-state index in [1.165, 1.54) is 0 Å². The van der Waals surface area contributed by atoms with Crippen molar-refractivity contribution in [2.45, 2.75) is 0 Å². The van der Waals surface area contributed by atoms with E-state index in [2.05, 4.69) is 20.6 Å². The average Bonchev–Trinajstić information content (AvgIpc) is 3.26. The molecule has 3 aromatic heterocycles. The molecule has 0 atom stereocenters. The Balaban J connectivity index is 1.53. The van der Waals surface area contributed by atoms with E-state index in [4.69, 9.17) is 0 Å². The van der Waals surface area contributed by atoms with Gasteiger partial charge in [-0.2, -0.15) is 0 Å². The fraction of sp³-hybridized carbons (Fsp3) is 0. The summed E-state index contributed by atoms with van der Waals surface area (Å²) in [6.45, 7) is 0. The van der Waals surface area contributed by atoms with Gasteiger partial charge in [0.25, 0.3) is 5.91 Å². The van der Waals surface area contributed by atoms with Crippen LogP contribution < -0.4 is 5.32 Å². The molecule has 0 saturated heterocycles. The van der Waals surface area contributed by atoms with E-state index < -0.39 is 0 Å². The van der Waals surface area contributed by atoms with Gasteiger partial charge in [-0.15, -0.1) is 5.10 Å². The predicted molar refractivity (Wildman–Crippen MR) is 84.5 cm³/mol. The lowest BCUT2D eigenvalue weighted by Crippen LogP contribution is -2.12. The zero-order valence-electron chi connectivity index (χ0n) is 12.0. The number of nitrogens with zero attached hydrogens (tertiary/aromatic N) is 5. The Hall–Kier alpha value is -3.48. The van der Waals surface area contributed by atoms with Gasteiger partial charge in [0.1, 0.15) is 5.65 Å². The first-order valence-corrected chi connectivity index (χ1v) is 7.00. The van der Waals surface area contributed by atoms with Gasteiger partial charge in [-0.25, -0.2) is 9.67 Å². The summed E-state index contributed by atoms with van der Waals surface area (Å²) in [4.78, 5) is 16.5. The summed E-state index contributed by atoms with van der Waals surface area (Å²) in [6.07, 6.45) is 8.62. The van der Waals surface area contributed by atoms with Gasteiger partial charge in [0.15, 0.2) is 0 Å². The van der Waals surface area contributed by atoms with Crippen molar-refractivity contribution in [1.82, 2.24) is 24.4 Å². The molecule has 0 aliphatic carbocycles. The normalized spacial score (nSPS) is 10.8. The maximum atomic E-state index is 12.3. The zero-order valence-corrected chi connectivity index (χ0v) is 12.0. The smallest absolute Gasteiger partial charge is 0.257 e. The molecule has 0 bridgehead atoms. The van der Waals surface area contributed by atoms with Crippen molar-refractivity contribution in [2.24, 2.45) is 0 Å². The topological polar surface area (TPSA) is 77.1 Å². The summed E-state index contributed by atoms with van der Waals surface area (Å²) in [5, 5.41) is 10.6. The summed E-state index contributed by atoms with van der Waals surface area (Å²) in [6, 6.07) is 10.9. The largest absolute Gasteiger partial charge is 0.322 e. The lowest BCUT2D eigenvalue weighted by atomic mass is 10.2. The van der Waals surface area contributed by atoms with E-state index in [-0.39, 0.29) is 5.91 Å².